The summed E-state index contributed by atoms with van der Waals surface area (Å²) in [4.78, 5) is 8.93. The Bertz CT molecular complexity index is 1100. The van der Waals surface area contributed by atoms with Gasteiger partial charge in [0, 0.05) is 17.3 Å². The van der Waals surface area contributed by atoms with E-state index < -0.39 is 0 Å². The molecule has 0 unspecified atom stereocenters. The van der Waals surface area contributed by atoms with Gasteiger partial charge < -0.3 is 9.47 Å². The van der Waals surface area contributed by atoms with Crippen LogP contribution in [0.25, 0.3) is 28.4 Å². The lowest BCUT2D eigenvalue weighted by Gasteiger charge is -2.18. The molecule has 2 aromatic heterocycles. The molecular weight excluding hydrogens is 328 g/mol. The van der Waals surface area contributed by atoms with E-state index >= 15 is 0 Å². The van der Waals surface area contributed by atoms with Crippen LogP contribution in [0.5, 0.6) is 11.5 Å². The monoisotopic (exact) mass is 344 g/mol. The number of benzene rings is 2. The van der Waals surface area contributed by atoms with Crippen LogP contribution in [0.3, 0.4) is 0 Å². The summed E-state index contributed by atoms with van der Waals surface area (Å²) in [6, 6.07) is 16.0. The highest BCUT2D eigenvalue weighted by molar-refractivity contribution is 5.65. The number of rotatable bonds is 2. The molecule has 26 heavy (non-hydrogen) atoms. The molecule has 1 aliphatic rings. The first-order valence-electron chi connectivity index (χ1n) is 8.47. The molecule has 2 aromatic carbocycles. The highest BCUT2D eigenvalue weighted by Crippen LogP contribution is 2.33. The molecule has 5 rings (SSSR count). The number of aryl methyl sites for hydroxylation is 1. The van der Waals surface area contributed by atoms with Crippen molar-refractivity contribution in [3.05, 3.63) is 60.3 Å². The van der Waals surface area contributed by atoms with Crippen LogP contribution in [-0.4, -0.2) is 32.8 Å². The molecule has 128 valence electrons. The Hall–Kier alpha value is -3.41. The first-order chi connectivity index (χ1) is 12.8. The lowest BCUT2D eigenvalue weighted by molar-refractivity contribution is 0.171. The zero-order valence-electron chi connectivity index (χ0n) is 14.2. The summed E-state index contributed by atoms with van der Waals surface area (Å²) in [6.07, 6.45) is 1.76. The average Bonchev–Trinajstić information content (AvgIpc) is 3.13. The lowest BCUT2D eigenvalue weighted by Crippen LogP contribution is -2.15. The van der Waals surface area contributed by atoms with Crippen molar-refractivity contribution in [1.82, 2.24) is 19.6 Å². The van der Waals surface area contributed by atoms with Crippen molar-refractivity contribution >= 4 is 5.78 Å². The average molecular weight is 344 g/mol. The highest BCUT2D eigenvalue weighted by Gasteiger charge is 2.16. The predicted octanol–water partition coefficient (Wildman–Crippen LogP) is 3.54. The van der Waals surface area contributed by atoms with Crippen LogP contribution in [-0.2, 0) is 0 Å². The Labute approximate surface area is 150 Å². The molecule has 3 heterocycles. The van der Waals surface area contributed by atoms with E-state index in [-0.39, 0.29) is 0 Å². The molecular formula is C20H16N4O2. The van der Waals surface area contributed by atoms with E-state index in [2.05, 4.69) is 46.3 Å². The molecule has 0 atom stereocenters. The summed E-state index contributed by atoms with van der Waals surface area (Å²) in [5.74, 6) is 2.64. The standard InChI is InChI=1S/C20H16N4O2/c1-13-2-4-14(5-3-13)16-8-9-21-20-22-19(23-24(16)20)15-6-7-17-18(12-15)26-11-10-25-17/h2-9,12H,10-11H2,1H3. The second-order valence-corrected chi connectivity index (χ2v) is 6.20. The third kappa shape index (κ3) is 2.47. The minimum atomic E-state index is 0.550. The fourth-order valence-corrected chi connectivity index (χ4v) is 3.04. The number of fused-ring (bicyclic) bond motifs is 2. The molecule has 0 saturated heterocycles. The van der Waals surface area contributed by atoms with E-state index in [1.54, 1.807) is 10.7 Å². The molecule has 6 nitrogen and oxygen atoms in total. The summed E-state index contributed by atoms with van der Waals surface area (Å²) in [5, 5.41) is 4.68. The second kappa shape index (κ2) is 5.84. The van der Waals surface area contributed by atoms with Gasteiger partial charge in [0.2, 0.25) is 0 Å². The SMILES string of the molecule is Cc1ccc(-c2ccnc3nc(-c4ccc5c(c4)OCCO5)nn23)cc1. The Morgan fingerprint density at radius 1 is 0.885 bits per heavy atom. The van der Waals surface area contributed by atoms with Crippen LogP contribution in [0.4, 0.5) is 0 Å². The molecule has 0 amide bonds. The molecule has 0 saturated carbocycles. The number of nitrogens with zero attached hydrogens (tertiary/aromatic N) is 4. The van der Waals surface area contributed by atoms with Crippen molar-refractivity contribution in [3.8, 4) is 34.1 Å². The van der Waals surface area contributed by atoms with Crippen molar-refractivity contribution in [2.45, 2.75) is 6.92 Å². The summed E-state index contributed by atoms with van der Waals surface area (Å²) in [5.41, 5.74) is 4.11. The minimum Gasteiger partial charge on any atom is -0.486 e. The number of aromatic nitrogens is 4. The fourth-order valence-electron chi connectivity index (χ4n) is 3.04. The van der Waals surface area contributed by atoms with Crippen molar-refractivity contribution in [3.63, 3.8) is 0 Å². The quantitative estimate of drug-likeness (QED) is 0.557. The normalized spacial score (nSPS) is 13.1. The van der Waals surface area contributed by atoms with E-state index in [4.69, 9.17) is 9.47 Å². The summed E-state index contributed by atoms with van der Waals surface area (Å²) >= 11 is 0. The maximum Gasteiger partial charge on any atom is 0.253 e. The van der Waals surface area contributed by atoms with E-state index in [1.807, 2.05) is 24.3 Å². The highest BCUT2D eigenvalue weighted by atomic mass is 16.6. The van der Waals surface area contributed by atoms with Gasteiger partial charge in [-0.3, -0.25) is 0 Å². The van der Waals surface area contributed by atoms with Crippen molar-refractivity contribution < 1.29 is 9.47 Å². The van der Waals surface area contributed by atoms with Gasteiger partial charge in [-0.15, -0.1) is 5.10 Å². The maximum absolute atomic E-state index is 5.66. The predicted molar refractivity (Wildman–Crippen MR) is 97.4 cm³/mol. The van der Waals surface area contributed by atoms with Gasteiger partial charge in [0.1, 0.15) is 13.2 Å². The van der Waals surface area contributed by atoms with Gasteiger partial charge in [0.05, 0.1) is 5.69 Å². The molecule has 0 aliphatic carbocycles. The topological polar surface area (TPSA) is 61.5 Å². The molecule has 6 heteroatoms. The summed E-state index contributed by atoms with van der Waals surface area (Å²) in [7, 11) is 0. The Kier molecular flexibility index (Phi) is 3.35. The van der Waals surface area contributed by atoms with Crippen LogP contribution in [0.1, 0.15) is 5.56 Å². The maximum atomic E-state index is 5.66. The van der Waals surface area contributed by atoms with Gasteiger partial charge in [-0.05, 0) is 31.2 Å². The van der Waals surface area contributed by atoms with Crippen LogP contribution in [0.15, 0.2) is 54.7 Å². The van der Waals surface area contributed by atoms with Crippen molar-refractivity contribution in [2.75, 3.05) is 13.2 Å². The zero-order chi connectivity index (χ0) is 17.5. The van der Waals surface area contributed by atoms with Gasteiger partial charge in [0.15, 0.2) is 17.3 Å². The van der Waals surface area contributed by atoms with Crippen LogP contribution >= 0.6 is 0 Å². The zero-order valence-corrected chi connectivity index (χ0v) is 14.2. The third-order valence-electron chi connectivity index (χ3n) is 4.39. The minimum absolute atomic E-state index is 0.550. The number of hydrogen-bond donors (Lipinski definition) is 0. The fraction of sp³-hybridized carbons (Fsp3) is 0.150. The Morgan fingerprint density at radius 2 is 1.65 bits per heavy atom. The van der Waals surface area contributed by atoms with Crippen molar-refractivity contribution in [2.24, 2.45) is 0 Å². The summed E-state index contributed by atoms with van der Waals surface area (Å²) < 4.78 is 13.0. The van der Waals surface area contributed by atoms with E-state index in [1.165, 1.54) is 5.56 Å². The van der Waals surface area contributed by atoms with Crippen LogP contribution in [0, 0.1) is 6.92 Å². The molecule has 0 radical (unpaired) electrons. The Morgan fingerprint density at radius 3 is 2.50 bits per heavy atom. The van der Waals surface area contributed by atoms with Gasteiger partial charge in [-0.2, -0.15) is 9.50 Å². The first-order valence-corrected chi connectivity index (χ1v) is 8.47. The molecule has 0 spiro atoms. The van der Waals surface area contributed by atoms with E-state index in [0.29, 0.717) is 24.8 Å². The smallest absolute Gasteiger partial charge is 0.253 e. The molecule has 1 aliphatic heterocycles. The van der Waals surface area contributed by atoms with Gasteiger partial charge in [0.25, 0.3) is 5.78 Å². The van der Waals surface area contributed by atoms with Gasteiger partial charge >= 0.3 is 0 Å². The van der Waals surface area contributed by atoms with Crippen molar-refractivity contribution in [1.29, 1.82) is 0 Å². The number of hydrogen-bond acceptors (Lipinski definition) is 5. The molecule has 0 N–H and O–H groups in total. The van der Waals surface area contributed by atoms with Gasteiger partial charge in [-0.25, -0.2) is 4.98 Å². The summed E-state index contributed by atoms with van der Waals surface area (Å²) in [6.45, 7) is 3.19. The van der Waals surface area contributed by atoms with Crippen LogP contribution < -0.4 is 9.47 Å². The van der Waals surface area contributed by atoms with Gasteiger partial charge in [-0.1, -0.05) is 29.8 Å². The molecule has 4 aromatic rings. The lowest BCUT2D eigenvalue weighted by atomic mass is 10.1. The van der Waals surface area contributed by atoms with Crippen LogP contribution in [0.2, 0.25) is 0 Å². The molecule has 0 fully saturated rings. The largest absolute Gasteiger partial charge is 0.486 e. The molecule has 0 bridgehead atoms. The third-order valence-corrected chi connectivity index (χ3v) is 4.39. The number of ether oxygens (including phenoxy) is 2. The second-order valence-electron chi connectivity index (χ2n) is 6.20. The van der Waals surface area contributed by atoms with E-state index in [0.717, 1.165) is 28.3 Å². The first kappa shape index (κ1) is 14.9. The van der Waals surface area contributed by atoms with E-state index in [9.17, 15) is 0 Å². The Balaban J connectivity index is 1.62.